The zero-order valence-corrected chi connectivity index (χ0v) is 13.4. The Morgan fingerprint density at radius 2 is 2.04 bits per heavy atom. The number of piperidine rings is 1. The number of benzene rings is 1. The maximum Gasteiger partial charge on any atom is 0.306 e. The maximum atomic E-state index is 14.1. The largest absolute Gasteiger partial charge is 0.495 e. The van der Waals surface area contributed by atoms with Crippen molar-refractivity contribution in [2.24, 2.45) is 5.92 Å². The van der Waals surface area contributed by atoms with Gasteiger partial charge < -0.3 is 9.84 Å². The van der Waals surface area contributed by atoms with Crippen molar-refractivity contribution in [3.63, 3.8) is 0 Å². The fraction of sp³-hybridized carbons (Fsp3) is 0.500. The molecule has 1 saturated heterocycles. The van der Waals surface area contributed by atoms with E-state index in [0.29, 0.717) is 6.07 Å². The van der Waals surface area contributed by atoms with Crippen LogP contribution in [0, 0.1) is 17.6 Å². The lowest BCUT2D eigenvalue weighted by molar-refractivity contribution is -0.143. The van der Waals surface area contributed by atoms with E-state index in [-0.39, 0.29) is 19.4 Å². The van der Waals surface area contributed by atoms with E-state index in [4.69, 9.17) is 9.84 Å². The molecular formula is C14H17F2NO5S. The summed E-state index contributed by atoms with van der Waals surface area (Å²) in [6.45, 7) is 1.50. The Hall–Kier alpha value is -1.74. The van der Waals surface area contributed by atoms with E-state index in [1.807, 2.05) is 0 Å². The summed E-state index contributed by atoms with van der Waals surface area (Å²) < 4.78 is 58.6. The summed E-state index contributed by atoms with van der Waals surface area (Å²) in [5.41, 5.74) is 0. The SMILES string of the molecule is COc1cc(F)cc(F)c1S(=O)(=O)N1CC[C@H](C(=O)O)C[C@@H]1C. The number of ether oxygens (including phenoxy) is 1. The van der Waals surface area contributed by atoms with Gasteiger partial charge in [-0.25, -0.2) is 17.2 Å². The molecule has 2 rings (SSSR count). The van der Waals surface area contributed by atoms with Crippen LogP contribution in [-0.4, -0.2) is 43.5 Å². The number of rotatable bonds is 4. The van der Waals surface area contributed by atoms with Crippen molar-refractivity contribution in [1.82, 2.24) is 4.31 Å². The molecule has 1 heterocycles. The van der Waals surface area contributed by atoms with Crippen LogP contribution in [0.15, 0.2) is 17.0 Å². The van der Waals surface area contributed by atoms with Gasteiger partial charge >= 0.3 is 5.97 Å². The Kier molecular flexibility index (Phi) is 4.90. The molecule has 0 amide bonds. The number of carboxylic acid groups (broad SMARTS) is 1. The molecular weight excluding hydrogens is 332 g/mol. The molecule has 9 heteroatoms. The fourth-order valence-electron chi connectivity index (χ4n) is 2.79. The van der Waals surface area contributed by atoms with Crippen LogP contribution in [0.25, 0.3) is 0 Å². The monoisotopic (exact) mass is 349 g/mol. The quantitative estimate of drug-likeness (QED) is 0.897. The summed E-state index contributed by atoms with van der Waals surface area (Å²) in [5, 5.41) is 9.03. The van der Waals surface area contributed by atoms with E-state index in [0.717, 1.165) is 17.5 Å². The second kappa shape index (κ2) is 6.40. The molecule has 1 fully saturated rings. The third-order valence-corrected chi connectivity index (χ3v) is 6.00. The molecule has 1 N–H and O–H groups in total. The Labute approximate surface area is 132 Å². The van der Waals surface area contributed by atoms with E-state index in [1.54, 1.807) is 6.92 Å². The van der Waals surface area contributed by atoms with Crippen LogP contribution >= 0.6 is 0 Å². The molecule has 23 heavy (non-hydrogen) atoms. The average Bonchev–Trinajstić information content (AvgIpc) is 2.45. The summed E-state index contributed by atoms with van der Waals surface area (Å²) >= 11 is 0. The highest BCUT2D eigenvalue weighted by Crippen LogP contribution is 2.34. The summed E-state index contributed by atoms with van der Waals surface area (Å²) in [4.78, 5) is 10.3. The molecule has 0 unspecified atom stereocenters. The summed E-state index contributed by atoms with van der Waals surface area (Å²) in [5.74, 6) is -4.24. The van der Waals surface area contributed by atoms with E-state index < -0.39 is 50.2 Å². The molecule has 0 radical (unpaired) electrons. The van der Waals surface area contributed by atoms with Gasteiger partial charge in [0.1, 0.15) is 17.4 Å². The molecule has 0 saturated carbocycles. The summed E-state index contributed by atoms with van der Waals surface area (Å²) in [7, 11) is -3.16. The van der Waals surface area contributed by atoms with Crippen LogP contribution in [0.2, 0.25) is 0 Å². The second-order valence-corrected chi connectivity index (χ2v) is 7.27. The second-order valence-electron chi connectivity index (χ2n) is 5.44. The lowest BCUT2D eigenvalue weighted by Gasteiger charge is -2.35. The van der Waals surface area contributed by atoms with Crippen LogP contribution in [-0.2, 0) is 14.8 Å². The third-order valence-electron chi connectivity index (χ3n) is 3.93. The molecule has 2 atom stereocenters. The zero-order valence-electron chi connectivity index (χ0n) is 12.6. The first-order chi connectivity index (χ1) is 10.7. The fourth-order valence-corrected chi connectivity index (χ4v) is 4.63. The normalized spacial score (nSPS) is 22.8. The zero-order chi connectivity index (χ0) is 17.4. The van der Waals surface area contributed by atoms with Gasteiger partial charge in [-0.05, 0) is 19.8 Å². The minimum absolute atomic E-state index is 0.0551. The predicted molar refractivity (Wildman–Crippen MR) is 76.6 cm³/mol. The van der Waals surface area contributed by atoms with Crippen LogP contribution in [0.4, 0.5) is 8.78 Å². The standard InChI is InChI=1S/C14H17F2NO5S/c1-8-5-9(14(18)19)3-4-17(8)23(20,21)13-11(16)6-10(15)7-12(13)22-2/h6-9H,3-5H2,1-2H3,(H,18,19)/t8-,9-/m0/s1. The highest BCUT2D eigenvalue weighted by molar-refractivity contribution is 7.89. The average molecular weight is 349 g/mol. The highest BCUT2D eigenvalue weighted by Gasteiger charge is 2.39. The van der Waals surface area contributed by atoms with Crippen LogP contribution in [0.1, 0.15) is 19.8 Å². The summed E-state index contributed by atoms with van der Waals surface area (Å²) in [6, 6.07) is 0.651. The number of hydrogen-bond donors (Lipinski definition) is 1. The molecule has 0 aromatic heterocycles. The molecule has 0 aliphatic carbocycles. The van der Waals surface area contributed by atoms with Gasteiger partial charge in [-0.3, -0.25) is 4.79 Å². The number of carbonyl (C=O) groups is 1. The number of carboxylic acids is 1. The van der Waals surface area contributed by atoms with E-state index in [2.05, 4.69) is 0 Å². The maximum absolute atomic E-state index is 14.1. The van der Waals surface area contributed by atoms with Gasteiger partial charge in [-0.15, -0.1) is 0 Å². The molecule has 0 spiro atoms. The molecule has 1 aromatic rings. The predicted octanol–water partition coefficient (Wildman–Crippen LogP) is 1.85. The number of hydrogen-bond acceptors (Lipinski definition) is 4. The number of aliphatic carboxylic acids is 1. The highest BCUT2D eigenvalue weighted by atomic mass is 32.2. The van der Waals surface area contributed by atoms with E-state index in [1.165, 1.54) is 0 Å². The van der Waals surface area contributed by atoms with Gasteiger partial charge in [-0.2, -0.15) is 4.31 Å². The molecule has 0 bridgehead atoms. The van der Waals surface area contributed by atoms with Crippen molar-refractivity contribution in [1.29, 1.82) is 0 Å². The topological polar surface area (TPSA) is 83.9 Å². The minimum atomic E-state index is -4.28. The van der Waals surface area contributed by atoms with E-state index >= 15 is 0 Å². The van der Waals surface area contributed by atoms with Crippen LogP contribution in [0.5, 0.6) is 5.75 Å². The molecule has 1 aliphatic heterocycles. The first kappa shape index (κ1) is 17.6. The van der Waals surface area contributed by atoms with Gasteiger partial charge in [0.25, 0.3) is 0 Å². The Balaban J connectivity index is 2.42. The third kappa shape index (κ3) is 3.30. The number of sulfonamides is 1. The molecule has 128 valence electrons. The van der Waals surface area contributed by atoms with Crippen molar-refractivity contribution in [3.05, 3.63) is 23.8 Å². The van der Waals surface area contributed by atoms with Gasteiger partial charge in [0.05, 0.1) is 13.0 Å². The van der Waals surface area contributed by atoms with Crippen molar-refractivity contribution in [2.45, 2.75) is 30.7 Å². The van der Waals surface area contributed by atoms with Crippen LogP contribution < -0.4 is 4.74 Å². The van der Waals surface area contributed by atoms with Gasteiger partial charge in [0.15, 0.2) is 4.90 Å². The first-order valence-corrected chi connectivity index (χ1v) is 8.40. The summed E-state index contributed by atoms with van der Waals surface area (Å²) in [6.07, 6.45) is 0.254. The van der Waals surface area contributed by atoms with Crippen LogP contribution in [0.3, 0.4) is 0 Å². The Morgan fingerprint density at radius 1 is 1.39 bits per heavy atom. The lowest BCUT2D eigenvalue weighted by atomic mass is 9.93. The number of nitrogens with zero attached hydrogens (tertiary/aromatic N) is 1. The molecule has 1 aliphatic rings. The van der Waals surface area contributed by atoms with Crippen molar-refractivity contribution < 1.29 is 31.8 Å². The van der Waals surface area contributed by atoms with Gasteiger partial charge in [-0.1, -0.05) is 0 Å². The van der Waals surface area contributed by atoms with Crippen molar-refractivity contribution in [3.8, 4) is 5.75 Å². The smallest absolute Gasteiger partial charge is 0.306 e. The Morgan fingerprint density at radius 3 is 2.57 bits per heavy atom. The van der Waals surface area contributed by atoms with Gasteiger partial charge in [0.2, 0.25) is 10.0 Å². The van der Waals surface area contributed by atoms with E-state index in [9.17, 15) is 22.0 Å². The number of halogens is 2. The minimum Gasteiger partial charge on any atom is -0.495 e. The Bertz CT molecular complexity index is 722. The lowest BCUT2D eigenvalue weighted by Crippen LogP contribution is -2.46. The number of methoxy groups -OCH3 is 1. The first-order valence-electron chi connectivity index (χ1n) is 6.96. The van der Waals surface area contributed by atoms with Crippen molar-refractivity contribution >= 4 is 16.0 Å². The van der Waals surface area contributed by atoms with Gasteiger partial charge in [0, 0.05) is 24.7 Å². The molecule has 1 aromatic carbocycles. The molecule has 6 nitrogen and oxygen atoms in total. The van der Waals surface area contributed by atoms with Crippen molar-refractivity contribution in [2.75, 3.05) is 13.7 Å².